The van der Waals surface area contributed by atoms with Crippen molar-refractivity contribution in [3.8, 4) is 0 Å². The Hall–Kier alpha value is -1.98. The molecule has 1 aromatic rings. The van der Waals surface area contributed by atoms with Crippen molar-refractivity contribution in [1.82, 2.24) is 9.88 Å². The number of ether oxygens (including phenoxy) is 1. The van der Waals surface area contributed by atoms with Gasteiger partial charge in [0.1, 0.15) is 5.60 Å². The van der Waals surface area contributed by atoms with Gasteiger partial charge in [-0.3, -0.25) is 9.78 Å². The van der Waals surface area contributed by atoms with Gasteiger partial charge in [0.15, 0.2) is 11.5 Å². The second-order valence-electron chi connectivity index (χ2n) is 7.40. The highest BCUT2D eigenvalue weighted by Crippen LogP contribution is 2.31. The van der Waals surface area contributed by atoms with Crippen LogP contribution in [-0.2, 0) is 4.74 Å². The Labute approximate surface area is 142 Å². The number of hydrogen-bond donors (Lipinski definition) is 0. The van der Waals surface area contributed by atoms with Crippen LogP contribution in [0.1, 0.15) is 55.4 Å². The van der Waals surface area contributed by atoms with Gasteiger partial charge >= 0.3 is 6.09 Å². The third-order valence-electron chi connectivity index (χ3n) is 3.96. The molecule has 1 aliphatic heterocycles. The van der Waals surface area contributed by atoms with Crippen LogP contribution >= 0.6 is 0 Å². The second-order valence-corrected chi connectivity index (χ2v) is 7.40. The molecule has 6 heteroatoms. The zero-order valence-corrected chi connectivity index (χ0v) is 15.0. The number of aromatic nitrogens is 1. The predicted molar refractivity (Wildman–Crippen MR) is 88.9 cm³/mol. The molecule has 0 bridgehead atoms. The lowest BCUT2D eigenvalue weighted by Crippen LogP contribution is -2.49. The molecule has 24 heavy (non-hydrogen) atoms. The Morgan fingerprint density at radius 2 is 1.67 bits per heavy atom. The number of hydrogen-bond acceptors (Lipinski definition) is 4. The van der Waals surface area contributed by atoms with E-state index in [0.29, 0.717) is 17.0 Å². The zero-order chi connectivity index (χ0) is 18.1. The number of halogens is 1. The quantitative estimate of drug-likeness (QED) is 0.774. The van der Waals surface area contributed by atoms with E-state index in [1.54, 1.807) is 46.8 Å². The van der Waals surface area contributed by atoms with E-state index >= 15 is 4.39 Å². The van der Waals surface area contributed by atoms with E-state index in [9.17, 15) is 9.59 Å². The van der Waals surface area contributed by atoms with Gasteiger partial charge in [0.2, 0.25) is 0 Å². The van der Waals surface area contributed by atoms with Crippen LogP contribution in [0, 0.1) is 13.8 Å². The fraction of sp³-hybridized carbons (Fsp3) is 0.611. The summed E-state index contributed by atoms with van der Waals surface area (Å²) < 4.78 is 20.4. The Morgan fingerprint density at radius 3 is 2.12 bits per heavy atom. The van der Waals surface area contributed by atoms with Crippen molar-refractivity contribution in [3.05, 3.63) is 29.1 Å². The molecule has 0 N–H and O–H groups in total. The van der Waals surface area contributed by atoms with Gasteiger partial charge in [0.05, 0.1) is 0 Å². The minimum absolute atomic E-state index is 0.0223. The van der Waals surface area contributed by atoms with E-state index < -0.39 is 23.1 Å². The molecule has 1 aliphatic rings. The maximum absolute atomic E-state index is 15.1. The first-order chi connectivity index (χ1) is 11.0. The Bertz CT molecular complexity index is 624. The average molecular weight is 336 g/mol. The van der Waals surface area contributed by atoms with Crippen LogP contribution in [0.4, 0.5) is 9.18 Å². The Kier molecular flexibility index (Phi) is 4.97. The molecule has 132 valence electrons. The highest BCUT2D eigenvalue weighted by atomic mass is 19.1. The zero-order valence-electron chi connectivity index (χ0n) is 15.0. The molecule has 2 rings (SSSR count). The lowest BCUT2D eigenvalue weighted by Gasteiger charge is -2.36. The standard InChI is InChI=1S/C18H25FN2O3/c1-12-10-14(11-13(2)20-12)15(22)18(19)6-8-21(9-7-18)16(23)24-17(3,4)5/h10-11H,6-9H2,1-5H3. The Balaban J connectivity index is 2.06. The highest BCUT2D eigenvalue weighted by Gasteiger charge is 2.43. The molecule has 0 aromatic carbocycles. The first kappa shape index (κ1) is 18.4. The van der Waals surface area contributed by atoms with Crippen LogP contribution in [-0.4, -0.2) is 46.1 Å². The van der Waals surface area contributed by atoms with Gasteiger partial charge in [-0.25, -0.2) is 9.18 Å². The summed E-state index contributed by atoms with van der Waals surface area (Å²) in [7, 11) is 0. The number of aryl methyl sites for hydroxylation is 2. The van der Waals surface area contributed by atoms with Crippen molar-refractivity contribution in [3.63, 3.8) is 0 Å². The number of Topliss-reactive ketones (excluding diaryl/α,β-unsaturated/α-hetero) is 1. The third-order valence-corrected chi connectivity index (χ3v) is 3.96. The fourth-order valence-electron chi connectivity index (χ4n) is 2.82. The van der Waals surface area contributed by atoms with Gasteiger partial charge in [0.25, 0.3) is 0 Å². The minimum atomic E-state index is -1.95. The smallest absolute Gasteiger partial charge is 0.410 e. The first-order valence-corrected chi connectivity index (χ1v) is 8.17. The molecule has 0 atom stereocenters. The molecule has 1 amide bonds. The topological polar surface area (TPSA) is 59.5 Å². The number of carbonyl (C=O) groups excluding carboxylic acids is 2. The van der Waals surface area contributed by atoms with Crippen LogP contribution in [0.2, 0.25) is 0 Å². The van der Waals surface area contributed by atoms with Crippen molar-refractivity contribution in [2.75, 3.05) is 13.1 Å². The molecular weight excluding hydrogens is 311 g/mol. The Morgan fingerprint density at radius 1 is 1.17 bits per heavy atom. The molecule has 5 nitrogen and oxygen atoms in total. The third kappa shape index (κ3) is 4.30. The van der Waals surface area contributed by atoms with E-state index in [-0.39, 0.29) is 25.9 Å². The van der Waals surface area contributed by atoms with E-state index in [1.165, 1.54) is 4.90 Å². The summed E-state index contributed by atoms with van der Waals surface area (Å²) in [6.07, 6.45) is -0.510. The van der Waals surface area contributed by atoms with Gasteiger partial charge in [-0.05, 0) is 46.8 Å². The predicted octanol–water partition coefficient (Wildman–Crippen LogP) is 3.62. The fourth-order valence-corrected chi connectivity index (χ4v) is 2.82. The van der Waals surface area contributed by atoms with Crippen LogP contribution in [0.25, 0.3) is 0 Å². The maximum Gasteiger partial charge on any atom is 0.410 e. The number of nitrogens with zero attached hydrogens (tertiary/aromatic N) is 2. The van der Waals surface area contributed by atoms with Crippen molar-refractivity contribution >= 4 is 11.9 Å². The number of alkyl halides is 1. The van der Waals surface area contributed by atoms with Gasteiger partial charge in [-0.2, -0.15) is 0 Å². The molecule has 1 aromatic heterocycles. The van der Waals surface area contributed by atoms with Crippen LogP contribution in [0.5, 0.6) is 0 Å². The van der Waals surface area contributed by atoms with Crippen LogP contribution < -0.4 is 0 Å². The molecular formula is C18H25FN2O3. The van der Waals surface area contributed by atoms with E-state index in [0.717, 1.165) is 0 Å². The number of amides is 1. The monoisotopic (exact) mass is 336 g/mol. The van der Waals surface area contributed by atoms with E-state index in [4.69, 9.17) is 4.74 Å². The average Bonchev–Trinajstić information content (AvgIpc) is 2.44. The maximum atomic E-state index is 15.1. The number of piperidine rings is 1. The van der Waals surface area contributed by atoms with Crippen molar-refractivity contribution in [2.24, 2.45) is 0 Å². The molecule has 0 aliphatic carbocycles. The summed E-state index contributed by atoms with van der Waals surface area (Å²) in [6, 6.07) is 3.22. The van der Waals surface area contributed by atoms with Gasteiger partial charge < -0.3 is 9.64 Å². The number of carbonyl (C=O) groups is 2. The van der Waals surface area contributed by atoms with Crippen LogP contribution in [0.3, 0.4) is 0 Å². The minimum Gasteiger partial charge on any atom is -0.444 e. The lowest BCUT2D eigenvalue weighted by atomic mass is 9.85. The number of likely N-dealkylation sites (tertiary alicyclic amines) is 1. The molecule has 1 saturated heterocycles. The number of rotatable bonds is 2. The van der Waals surface area contributed by atoms with E-state index in [2.05, 4.69) is 4.98 Å². The summed E-state index contributed by atoms with van der Waals surface area (Å²) in [5.41, 5.74) is -0.823. The summed E-state index contributed by atoms with van der Waals surface area (Å²) in [4.78, 5) is 30.3. The summed E-state index contributed by atoms with van der Waals surface area (Å²) in [6.45, 7) is 9.24. The SMILES string of the molecule is Cc1cc(C(=O)C2(F)CCN(C(=O)OC(C)(C)C)CC2)cc(C)n1. The number of ketones is 1. The largest absolute Gasteiger partial charge is 0.444 e. The first-order valence-electron chi connectivity index (χ1n) is 8.17. The summed E-state index contributed by atoms with van der Waals surface area (Å²) in [5, 5.41) is 0. The van der Waals surface area contributed by atoms with E-state index in [1.807, 2.05) is 0 Å². The number of pyridine rings is 1. The van der Waals surface area contributed by atoms with Crippen LogP contribution in [0.15, 0.2) is 12.1 Å². The molecule has 1 fully saturated rings. The molecule has 0 unspecified atom stereocenters. The van der Waals surface area contributed by atoms with Crippen molar-refractivity contribution in [2.45, 2.75) is 58.7 Å². The summed E-state index contributed by atoms with van der Waals surface area (Å²) >= 11 is 0. The molecule has 0 saturated carbocycles. The lowest BCUT2D eigenvalue weighted by molar-refractivity contribution is 0.00501. The van der Waals surface area contributed by atoms with Crippen molar-refractivity contribution in [1.29, 1.82) is 0 Å². The molecule has 0 radical (unpaired) electrons. The van der Waals surface area contributed by atoms with Gasteiger partial charge in [-0.15, -0.1) is 0 Å². The van der Waals surface area contributed by atoms with Gasteiger partial charge in [-0.1, -0.05) is 0 Å². The molecule has 0 spiro atoms. The molecule has 2 heterocycles. The summed E-state index contributed by atoms with van der Waals surface area (Å²) in [5.74, 6) is -0.528. The van der Waals surface area contributed by atoms with Crippen molar-refractivity contribution < 1.29 is 18.7 Å². The normalized spacial score (nSPS) is 17.5. The van der Waals surface area contributed by atoms with Gasteiger partial charge in [0, 0.05) is 42.9 Å². The highest BCUT2D eigenvalue weighted by molar-refractivity contribution is 6.02. The second kappa shape index (κ2) is 6.49.